The summed E-state index contributed by atoms with van der Waals surface area (Å²) in [6, 6.07) is -4.92. The van der Waals surface area contributed by atoms with Gasteiger partial charge in [-0.2, -0.15) is 0 Å². The van der Waals surface area contributed by atoms with Crippen molar-refractivity contribution in [2.75, 3.05) is 32.8 Å². The number of nitrogens with zero attached hydrogens (tertiary/aromatic N) is 3. The molecule has 49 heavy (non-hydrogen) atoms. The standard InChI is InChI=1S/C31H47ClN8O9/c1-18(2)8-5-4-6-9-21-28(46)40-24(12-19(32)14-34-40)29(47)39-22(10-7-11-33-39)27(45)37-31(3,17-41)30(48)49-16-25(43)38-23(26(44)36-21)13-20(42)15-35-38/h4-6,8,18-24,33-35,41-42H,7,9-17H2,1-3H3,(H,36,44)(H,37,45)/b6-4+,8-5+/t19-,20+,21-,22?,23+,24?,31-/m0/s1. The highest BCUT2D eigenvalue weighted by atomic mass is 35.5. The highest BCUT2D eigenvalue weighted by Gasteiger charge is 2.47. The number of hydrogen-bond acceptors (Lipinski definition) is 12. The molecule has 4 heterocycles. The zero-order valence-electron chi connectivity index (χ0n) is 27.9. The zero-order valence-corrected chi connectivity index (χ0v) is 28.6. The van der Waals surface area contributed by atoms with E-state index < -0.39 is 89.9 Å². The van der Waals surface area contributed by atoms with Crippen LogP contribution >= 0.6 is 11.6 Å². The number of hydrogen-bond donors (Lipinski definition) is 7. The SMILES string of the molecule is CC(C)/C=C/C=C/C[C@@H]1NC(=O)[C@H]2C[C@@H](O)CNN2C(=O)COC(=O)[C@](C)(CO)NC(=O)C2CCCNN2C(=O)C2C[C@H](Cl)CNN2C1=O. The number of cyclic esters (lactones) is 1. The molecule has 0 bridgehead atoms. The van der Waals surface area contributed by atoms with Gasteiger partial charge in [0.15, 0.2) is 12.1 Å². The van der Waals surface area contributed by atoms with Gasteiger partial charge >= 0.3 is 5.97 Å². The van der Waals surface area contributed by atoms with Crippen LogP contribution < -0.4 is 26.9 Å². The van der Waals surface area contributed by atoms with Crippen LogP contribution in [-0.2, 0) is 33.5 Å². The molecule has 2 unspecified atom stereocenters. The van der Waals surface area contributed by atoms with Crippen molar-refractivity contribution in [1.29, 1.82) is 0 Å². The summed E-state index contributed by atoms with van der Waals surface area (Å²) in [5.41, 5.74) is 6.51. The number of hydrazine groups is 3. The van der Waals surface area contributed by atoms with Gasteiger partial charge in [0, 0.05) is 26.1 Å². The number of nitrogens with one attached hydrogen (secondary N) is 5. The van der Waals surface area contributed by atoms with E-state index in [0.29, 0.717) is 13.0 Å². The third-order valence-electron chi connectivity index (χ3n) is 8.68. The van der Waals surface area contributed by atoms with Gasteiger partial charge in [0.25, 0.3) is 17.7 Å². The minimum absolute atomic E-state index is 0.00258. The van der Waals surface area contributed by atoms with Gasteiger partial charge in [-0.25, -0.2) is 21.1 Å². The lowest BCUT2D eigenvalue weighted by atomic mass is 9.99. The van der Waals surface area contributed by atoms with Crippen LogP contribution in [0, 0.1) is 5.92 Å². The molecule has 0 aromatic carbocycles. The summed E-state index contributed by atoms with van der Waals surface area (Å²) >= 11 is 6.47. The first kappa shape index (κ1) is 38.2. The van der Waals surface area contributed by atoms with Crippen molar-refractivity contribution in [3.63, 3.8) is 0 Å². The Morgan fingerprint density at radius 1 is 0.939 bits per heavy atom. The van der Waals surface area contributed by atoms with Gasteiger partial charge in [-0.15, -0.1) is 11.6 Å². The van der Waals surface area contributed by atoms with Crippen molar-refractivity contribution in [2.45, 2.75) is 94.1 Å². The minimum atomic E-state index is -2.00. The van der Waals surface area contributed by atoms with E-state index >= 15 is 0 Å². The minimum Gasteiger partial charge on any atom is -0.454 e. The molecule has 17 nitrogen and oxygen atoms in total. The van der Waals surface area contributed by atoms with Crippen molar-refractivity contribution in [1.82, 2.24) is 41.9 Å². The van der Waals surface area contributed by atoms with Crippen LogP contribution in [0.5, 0.6) is 0 Å². The van der Waals surface area contributed by atoms with Gasteiger partial charge in [-0.05, 0) is 38.5 Å². The quantitative estimate of drug-likeness (QED) is 0.0912. The summed E-state index contributed by atoms with van der Waals surface area (Å²) in [7, 11) is 0. The molecule has 0 aromatic heterocycles. The number of alkyl halides is 1. The number of esters is 1. The topological polar surface area (TPSA) is 222 Å². The average Bonchev–Trinajstić information content (AvgIpc) is 3.08. The van der Waals surface area contributed by atoms with Gasteiger partial charge in [-0.1, -0.05) is 38.2 Å². The van der Waals surface area contributed by atoms with Crippen LogP contribution in [0.1, 0.15) is 52.9 Å². The van der Waals surface area contributed by atoms with Crippen LogP contribution in [-0.4, -0.2) is 135 Å². The molecule has 0 radical (unpaired) electrons. The Labute approximate surface area is 289 Å². The summed E-state index contributed by atoms with van der Waals surface area (Å²) in [6.07, 6.45) is 6.62. The van der Waals surface area contributed by atoms with E-state index in [2.05, 4.69) is 26.9 Å². The van der Waals surface area contributed by atoms with Crippen LogP contribution in [0.4, 0.5) is 0 Å². The van der Waals surface area contributed by atoms with Crippen LogP contribution in [0.2, 0.25) is 0 Å². The lowest BCUT2D eigenvalue weighted by molar-refractivity contribution is -0.166. The second-order valence-electron chi connectivity index (χ2n) is 13.1. The maximum absolute atomic E-state index is 14.3. The highest BCUT2D eigenvalue weighted by Crippen LogP contribution is 2.23. The molecule has 272 valence electrons. The van der Waals surface area contributed by atoms with E-state index in [1.54, 1.807) is 18.2 Å². The third-order valence-corrected chi connectivity index (χ3v) is 9.01. The fourth-order valence-corrected chi connectivity index (χ4v) is 6.14. The Kier molecular flexibility index (Phi) is 13.1. The Morgan fingerprint density at radius 2 is 1.65 bits per heavy atom. The molecule has 0 spiro atoms. The molecule has 7 N–H and O–H groups in total. The summed E-state index contributed by atoms with van der Waals surface area (Å²) in [5, 5.41) is 28.3. The average molecular weight is 711 g/mol. The summed E-state index contributed by atoms with van der Waals surface area (Å²) in [4.78, 5) is 82.3. The molecular formula is C31H47ClN8O9. The Morgan fingerprint density at radius 3 is 2.37 bits per heavy atom. The number of ether oxygens (including phenoxy) is 1. The monoisotopic (exact) mass is 710 g/mol. The second kappa shape index (κ2) is 16.9. The molecule has 0 aliphatic carbocycles. The van der Waals surface area contributed by atoms with Crippen LogP contribution in [0.15, 0.2) is 24.3 Å². The molecule has 4 saturated heterocycles. The number of carbonyl (C=O) groups excluding carboxylic acids is 6. The number of aliphatic hydroxyl groups is 2. The molecule has 4 fully saturated rings. The van der Waals surface area contributed by atoms with Crippen LogP contribution in [0.3, 0.4) is 0 Å². The number of aliphatic hydroxyl groups excluding tert-OH is 2. The number of carbonyl (C=O) groups is 6. The Hall–Kier alpha value is -3.61. The number of fused-ring (bicyclic) bond motifs is 3. The largest absolute Gasteiger partial charge is 0.454 e. The van der Waals surface area contributed by atoms with Gasteiger partial charge in [-0.3, -0.25) is 39.0 Å². The Balaban J connectivity index is 1.75. The molecule has 5 amide bonds. The second-order valence-corrected chi connectivity index (χ2v) is 13.8. The number of halogens is 1. The van der Waals surface area contributed by atoms with E-state index in [1.165, 1.54) is 6.92 Å². The van der Waals surface area contributed by atoms with E-state index in [-0.39, 0.29) is 44.7 Å². The van der Waals surface area contributed by atoms with Crippen molar-refractivity contribution >= 4 is 47.1 Å². The number of allylic oxidation sites excluding steroid dienone is 3. The van der Waals surface area contributed by atoms with E-state index in [0.717, 1.165) is 15.0 Å². The Bertz CT molecular complexity index is 1330. The van der Waals surface area contributed by atoms with Gasteiger partial charge < -0.3 is 25.6 Å². The van der Waals surface area contributed by atoms with Gasteiger partial charge in [0.1, 0.15) is 24.2 Å². The fourth-order valence-electron chi connectivity index (χ4n) is 5.91. The predicted octanol–water partition coefficient (Wildman–Crippen LogP) is -2.27. The maximum Gasteiger partial charge on any atom is 0.334 e. The first-order valence-corrected chi connectivity index (χ1v) is 16.9. The molecule has 7 atom stereocenters. The molecular weight excluding hydrogens is 664 g/mol. The molecule has 4 aliphatic rings. The van der Waals surface area contributed by atoms with Crippen molar-refractivity contribution in [3.05, 3.63) is 24.3 Å². The summed E-state index contributed by atoms with van der Waals surface area (Å²) in [5.74, 6) is -4.59. The maximum atomic E-state index is 14.3. The van der Waals surface area contributed by atoms with E-state index in [1.807, 2.05) is 19.9 Å². The predicted molar refractivity (Wildman–Crippen MR) is 174 cm³/mol. The fraction of sp³-hybridized carbons (Fsp3) is 0.677. The lowest BCUT2D eigenvalue weighted by Crippen LogP contribution is -2.70. The molecule has 0 saturated carbocycles. The number of β-amino-alcohol motifs (C(OH)–C–C–N with tert-alkyl or cyclic N) is 1. The van der Waals surface area contributed by atoms with E-state index in [9.17, 15) is 39.0 Å². The first-order chi connectivity index (χ1) is 23.2. The molecule has 4 rings (SSSR count). The van der Waals surface area contributed by atoms with Gasteiger partial charge in [0.05, 0.1) is 18.1 Å². The lowest BCUT2D eigenvalue weighted by Gasteiger charge is -2.44. The molecule has 0 aromatic rings. The molecule has 18 heteroatoms. The molecule has 4 aliphatic heterocycles. The van der Waals surface area contributed by atoms with Crippen LogP contribution in [0.25, 0.3) is 0 Å². The highest BCUT2D eigenvalue weighted by molar-refractivity contribution is 6.21. The summed E-state index contributed by atoms with van der Waals surface area (Å²) < 4.78 is 5.20. The summed E-state index contributed by atoms with van der Waals surface area (Å²) in [6.45, 7) is 3.81. The van der Waals surface area contributed by atoms with E-state index in [4.69, 9.17) is 16.3 Å². The number of amides is 5. The number of rotatable bonds is 5. The van der Waals surface area contributed by atoms with Crippen molar-refractivity contribution in [3.8, 4) is 0 Å². The normalized spacial score (nSPS) is 33.1. The van der Waals surface area contributed by atoms with Gasteiger partial charge in [0.2, 0.25) is 11.8 Å². The smallest absolute Gasteiger partial charge is 0.334 e. The van der Waals surface area contributed by atoms with Crippen molar-refractivity contribution < 1.29 is 43.7 Å². The zero-order chi connectivity index (χ0) is 35.9. The first-order valence-electron chi connectivity index (χ1n) is 16.5. The third kappa shape index (κ3) is 9.34. The van der Waals surface area contributed by atoms with Crippen molar-refractivity contribution in [2.24, 2.45) is 5.92 Å².